The summed E-state index contributed by atoms with van der Waals surface area (Å²) in [4.78, 5) is 12.7. The summed E-state index contributed by atoms with van der Waals surface area (Å²) in [6.07, 6.45) is 8.38. The number of nitrogens with zero attached hydrogens (tertiary/aromatic N) is 3. The van der Waals surface area contributed by atoms with Crippen LogP contribution in [0.1, 0.15) is 44.1 Å². The number of fused-ring (bicyclic) bond motifs is 1. The zero-order valence-electron chi connectivity index (χ0n) is 15.1. The fraction of sp³-hybridized carbons (Fsp3) is 0.632. The monoisotopic (exact) mass is 330 g/mol. The van der Waals surface area contributed by atoms with E-state index in [0.29, 0.717) is 0 Å². The number of imidazole rings is 1. The van der Waals surface area contributed by atoms with Gasteiger partial charge < -0.3 is 10.3 Å². The Morgan fingerprint density at radius 2 is 1.83 bits per heavy atom. The van der Waals surface area contributed by atoms with Gasteiger partial charge in [-0.1, -0.05) is 12.5 Å². The van der Waals surface area contributed by atoms with E-state index in [0.717, 1.165) is 37.1 Å². The highest BCUT2D eigenvalue weighted by Gasteiger charge is 2.18. The lowest BCUT2D eigenvalue weighted by Gasteiger charge is -2.29. The summed E-state index contributed by atoms with van der Waals surface area (Å²) in [5, 5.41) is 5.41. The molecule has 132 valence electrons. The van der Waals surface area contributed by atoms with E-state index in [1.165, 1.54) is 44.1 Å². The van der Waals surface area contributed by atoms with Crippen molar-refractivity contribution < 1.29 is 0 Å². The number of aryl methyl sites for hydroxylation is 2. The molecule has 2 heterocycles. The van der Waals surface area contributed by atoms with Crippen molar-refractivity contribution in [3.8, 4) is 0 Å². The molecule has 0 aliphatic carbocycles. The van der Waals surface area contributed by atoms with Crippen molar-refractivity contribution in [1.29, 1.82) is 0 Å². The third kappa shape index (κ3) is 3.51. The maximum Gasteiger partial charge on any atom is 0.347 e. The zero-order chi connectivity index (χ0) is 16.9. The van der Waals surface area contributed by atoms with Crippen LogP contribution in [0.4, 0.5) is 0 Å². The van der Waals surface area contributed by atoms with Crippen LogP contribution >= 0.6 is 0 Å². The molecule has 1 aromatic carbocycles. The first-order valence-corrected chi connectivity index (χ1v) is 9.32. The SMILES string of the molecule is CNCCCCCc1ccc2c(c1)n(C)c(=O)n2N1CCCCC1. The minimum absolute atomic E-state index is 0.0815. The molecule has 0 saturated carbocycles. The number of nitrogens with one attached hydrogen (secondary N) is 1. The van der Waals surface area contributed by atoms with Gasteiger partial charge in [-0.15, -0.1) is 0 Å². The molecule has 0 radical (unpaired) electrons. The highest BCUT2D eigenvalue weighted by Crippen LogP contribution is 2.18. The predicted molar refractivity (Wildman–Crippen MR) is 100 cm³/mol. The highest BCUT2D eigenvalue weighted by atomic mass is 16.2. The Hall–Kier alpha value is -1.75. The summed E-state index contributed by atoms with van der Waals surface area (Å²) >= 11 is 0. The molecule has 5 nitrogen and oxygen atoms in total. The number of aromatic nitrogens is 2. The molecule has 3 rings (SSSR count). The van der Waals surface area contributed by atoms with E-state index < -0.39 is 0 Å². The summed E-state index contributed by atoms with van der Waals surface area (Å²) in [5.41, 5.74) is 3.51. The number of piperidine rings is 1. The van der Waals surface area contributed by atoms with Crippen LogP contribution in [0.25, 0.3) is 11.0 Å². The molecule has 1 aliphatic heterocycles. The molecule has 5 heteroatoms. The summed E-state index contributed by atoms with van der Waals surface area (Å²) in [6.45, 7) is 3.05. The molecule has 0 spiro atoms. The molecule has 0 amide bonds. The number of benzene rings is 1. The third-order valence-electron chi connectivity index (χ3n) is 5.11. The predicted octanol–water partition coefficient (Wildman–Crippen LogP) is 2.39. The largest absolute Gasteiger partial charge is 0.347 e. The van der Waals surface area contributed by atoms with E-state index in [2.05, 4.69) is 28.5 Å². The lowest BCUT2D eigenvalue weighted by molar-refractivity contribution is 0.474. The first-order chi connectivity index (χ1) is 11.7. The van der Waals surface area contributed by atoms with Crippen molar-refractivity contribution in [2.75, 3.05) is 31.7 Å². The third-order valence-corrected chi connectivity index (χ3v) is 5.11. The van der Waals surface area contributed by atoms with Crippen molar-refractivity contribution in [2.24, 2.45) is 7.05 Å². The lowest BCUT2D eigenvalue weighted by Crippen LogP contribution is -2.45. The van der Waals surface area contributed by atoms with Gasteiger partial charge in [0.2, 0.25) is 0 Å². The number of rotatable bonds is 7. The van der Waals surface area contributed by atoms with Crippen LogP contribution in [0.2, 0.25) is 0 Å². The molecule has 0 atom stereocenters. The van der Waals surface area contributed by atoms with Crippen LogP contribution in [0, 0.1) is 0 Å². The quantitative estimate of drug-likeness (QED) is 0.793. The second kappa shape index (κ2) is 7.88. The van der Waals surface area contributed by atoms with Gasteiger partial charge in [-0.2, -0.15) is 0 Å². The van der Waals surface area contributed by atoms with E-state index in [1.807, 2.05) is 18.8 Å². The van der Waals surface area contributed by atoms with Gasteiger partial charge in [0.15, 0.2) is 0 Å². The van der Waals surface area contributed by atoms with Crippen molar-refractivity contribution in [3.63, 3.8) is 0 Å². The Labute approximate surface area is 144 Å². The fourth-order valence-corrected chi connectivity index (χ4v) is 3.68. The van der Waals surface area contributed by atoms with Gasteiger partial charge in [0, 0.05) is 20.1 Å². The number of hydrogen-bond acceptors (Lipinski definition) is 3. The molecule has 2 aromatic rings. The van der Waals surface area contributed by atoms with Gasteiger partial charge >= 0.3 is 5.69 Å². The standard InChI is InChI=1S/C19H30N4O/c1-20-12-6-3-5-9-16-10-11-17-18(15-16)21(2)19(24)23(17)22-13-7-4-8-14-22/h10-11,15,20H,3-9,12-14H2,1-2H3. The van der Waals surface area contributed by atoms with Crippen LogP contribution in [0.5, 0.6) is 0 Å². The average Bonchev–Trinajstić information content (AvgIpc) is 2.86. The minimum atomic E-state index is 0.0815. The maximum atomic E-state index is 12.7. The summed E-state index contributed by atoms with van der Waals surface area (Å²) in [7, 11) is 3.89. The fourth-order valence-electron chi connectivity index (χ4n) is 3.68. The van der Waals surface area contributed by atoms with Crippen LogP contribution in [-0.4, -0.2) is 35.9 Å². The molecule has 0 unspecified atom stereocenters. The second-order valence-electron chi connectivity index (χ2n) is 6.90. The van der Waals surface area contributed by atoms with E-state index in [4.69, 9.17) is 0 Å². The Bertz CT molecular complexity index is 725. The van der Waals surface area contributed by atoms with Crippen molar-refractivity contribution in [3.05, 3.63) is 34.2 Å². The molecule has 1 fully saturated rings. The molecule has 1 saturated heterocycles. The van der Waals surface area contributed by atoms with Gasteiger partial charge in [-0.05, 0) is 69.8 Å². The molecule has 1 aliphatic rings. The van der Waals surface area contributed by atoms with Crippen LogP contribution in [0.15, 0.2) is 23.0 Å². The van der Waals surface area contributed by atoms with E-state index in [-0.39, 0.29) is 5.69 Å². The van der Waals surface area contributed by atoms with E-state index in [1.54, 1.807) is 4.57 Å². The van der Waals surface area contributed by atoms with Gasteiger partial charge in [0.1, 0.15) is 0 Å². The Morgan fingerprint density at radius 1 is 1.04 bits per heavy atom. The molecule has 0 bridgehead atoms. The number of hydrogen-bond donors (Lipinski definition) is 1. The lowest BCUT2D eigenvalue weighted by atomic mass is 10.1. The Morgan fingerprint density at radius 3 is 2.58 bits per heavy atom. The second-order valence-corrected chi connectivity index (χ2v) is 6.90. The van der Waals surface area contributed by atoms with Crippen molar-refractivity contribution >= 4 is 11.0 Å². The topological polar surface area (TPSA) is 42.2 Å². The normalized spacial score (nSPS) is 15.3. The maximum absolute atomic E-state index is 12.7. The summed E-state index contributed by atoms with van der Waals surface area (Å²) < 4.78 is 3.69. The Kier molecular flexibility index (Phi) is 5.61. The van der Waals surface area contributed by atoms with Gasteiger partial charge in [-0.25, -0.2) is 9.47 Å². The van der Waals surface area contributed by atoms with Crippen LogP contribution in [0.3, 0.4) is 0 Å². The molecule has 1 N–H and O–H groups in total. The first-order valence-electron chi connectivity index (χ1n) is 9.32. The molecule has 24 heavy (non-hydrogen) atoms. The van der Waals surface area contributed by atoms with E-state index >= 15 is 0 Å². The smallest absolute Gasteiger partial charge is 0.320 e. The van der Waals surface area contributed by atoms with Crippen molar-refractivity contribution in [1.82, 2.24) is 14.6 Å². The van der Waals surface area contributed by atoms with Crippen LogP contribution in [-0.2, 0) is 13.5 Å². The van der Waals surface area contributed by atoms with Crippen LogP contribution < -0.4 is 16.0 Å². The summed E-state index contributed by atoms with van der Waals surface area (Å²) in [6, 6.07) is 6.53. The molecular formula is C19H30N4O. The molecular weight excluding hydrogens is 300 g/mol. The Balaban J connectivity index is 1.80. The summed E-state index contributed by atoms with van der Waals surface area (Å²) in [5.74, 6) is 0. The van der Waals surface area contributed by atoms with Gasteiger partial charge in [0.05, 0.1) is 11.0 Å². The van der Waals surface area contributed by atoms with Crippen molar-refractivity contribution in [2.45, 2.75) is 44.9 Å². The average molecular weight is 330 g/mol. The van der Waals surface area contributed by atoms with Gasteiger partial charge in [0.25, 0.3) is 0 Å². The zero-order valence-corrected chi connectivity index (χ0v) is 15.1. The highest BCUT2D eigenvalue weighted by molar-refractivity contribution is 5.77. The van der Waals surface area contributed by atoms with E-state index in [9.17, 15) is 4.79 Å². The molecule has 1 aromatic heterocycles. The number of unbranched alkanes of at least 4 members (excludes halogenated alkanes) is 2. The first kappa shape index (κ1) is 17.1. The minimum Gasteiger partial charge on any atom is -0.320 e. The van der Waals surface area contributed by atoms with Gasteiger partial charge in [-0.3, -0.25) is 4.57 Å².